The van der Waals surface area contributed by atoms with Gasteiger partial charge in [0.15, 0.2) is 0 Å². The normalized spacial score (nSPS) is 15.5. The predicted octanol–water partition coefficient (Wildman–Crippen LogP) is -0.764. The first-order valence-corrected chi connectivity index (χ1v) is 4.75. The number of carbonyl (C=O) groups excluding carboxylic acids is 1. The number of hydrogen-bond donors (Lipinski definition) is 3. The molecule has 2 unspecified atom stereocenters. The highest BCUT2D eigenvalue weighted by molar-refractivity contribution is 5.79. The van der Waals surface area contributed by atoms with E-state index in [0.717, 1.165) is 0 Å². The quantitative estimate of drug-likeness (QED) is 0.508. The van der Waals surface area contributed by atoms with Crippen molar-refractivity contribution in [2.24, 2.45) is 5.73 Å². The molecule has 0 bridgehead atoms. The van der Waals surface area contributed by atoms with Crippen molar-refractivity contribution < 1.29 is 14.6 Å². The first-order chi connectivity index (χ1) is 6.43. The first kappa shape index (κ1) is 13.4. The minimum absolute atomic E-state index is 0.0956. The SMILES string of the molecule is CC(C)OCC(O)CNC(C)C(N)=O. The number of carbonyl (C=O) groups is 1. The number of ether oxygens (including phenoxy) is 1. The average Bonchev–Trinajstić information content (AvgIpc) is 2.10. The van der Waals surface area contributed by atoms with E-state index in [1.165, 1.54) is 0 Å². The third-order valence-corrected chi connectivity index (χ3v) is 1.71. The average molecular weight is 204 g/mol. The monoisotopic (exact) mass is 204 g/mol. The molecule has 0 radical (unpaired) electrons. The van der Waals surface area contributed by atoms with E-state index in [-0.39, 0.29) is 12.7 Å². The van der Waals surface area contributed by atoms with Crippen LogP contribution in [0.1, 0.15) is 20.8 Å². The van der Waals surface area contributed by atoms with Gasteiger partial charge in [-0.15, -0.1) is 0 Å². The molecule has 2 atom stereocenters. The van der Waals surface area contributed by atoms with E-state index in [1.807, 2.05) is 13.8 Å². The van der Waals surface area contributed by atoms with E-state index in [0.29, 0.717) is 6.54 Å². The molecule has 0 aliphatic rings. The van der Waals surface area contributed by atoms with Gasteiger partial charge in [0.2, 0.25) is 5.91 Å². The Labute approximate surface area is 84.6 Å². The Morgan fingerprint density at radius 2 is 2.07 bits per heavy atom. The van der Waals surface area contributed by atoms with E-state index >= 15 is 0 Å². The van der Waals surface area contributed by atoms with Crippen LogP contribution in [0, 0.1) is 0 Å². The van der Waals surface area contributed by atoms with Crippen molar-refractivity contribution >= 4 is 5.91 Å². The molecule has 5 nitrogen and oxygen atoms in total. The minimum atomic E-state index is -0.612. The van der Waals surface area contributed by atoms with E-state index in [1.54, 1.807) is 6.92 Å². The highest BCUT2D eigenvalue weighted by atomic mass is 16.5. The third-order valence-electron chi connectivity index (χ3n) is 1.71. The lowest BCUT2D eigenvalue weighted by atomic mass is 10.3. The largest absolute Gasteiger partial charge is 0.389 e. The third kappa shape index (κ3) is 6.82. The van der Waals surface area contributed by atoms with Gasteiger partial charge < -0.3 is 20.9 Å². The van der Waals surface area contributed by atoms with Gasteiger partial charge >= 0.3 is 0 Å². The topological polar surface area (TPSA) is 84.6 Å². The van der Waals surface area contributed by atoms with Crippen molar-refractivity contribution in [3.05, 3.63) is 0 Å². The molecular formula is C9H20N2O3. The number of nitrogens with two attached hydrogens (primary N) is 1. The maximum atomic E-state index is 10.6. The number of primary amides is 1. The zero-order valence-electron chi connectivity index (χ0n) is 8.99. The second-order valence-electron chi connectivity index (χ2n) is 3.57. The summed E-state index contributed by atoms with van der Waals surface area (Å²) in [6, 6.07) is -0.427. The van der Waals surface area contributed by atoms with Crippen molar-refractivity contribution in [2.45, 2.75) is 39.0 Å². The van der Waals surface area contributed by atoms with Crippen molar-refractivity contribution in [3.8, 4) is 0 Å². The van der Waals surface area contributed by atoms with Gasteiger partial charge in [-0.25, -0.2) is 0 Å². The molecule has 0 aromatic carbocycles. The molecule has 84 valence electrons. The van der Waals surface area contributed by atoms with Gasteiger partial charge in [0.1, 0.15) is 0 Å². The Bertz CT molecular complexity index is 173. The van der Waals surface area contributed by atoms with E-state index in [4.69, 9.17) is 10.5 Å². The number of amides is 1. The van der Waals surface area contributed by atoms with E-state index < -0.39 is 18.1 Å². The molecule has 0 saturated heterocycles. The van der Waals surface area contributed by atoms with Gasteiger partial charge in [0, 0.05) is 6.54 Å². The summed E-state index contributed by atoms with van der Waals surface area (Å²) in [6.45, 7) is 6.00. The van der Waals surface area contributed by atoms with Crippen LogP contribution in [0.5, 0.6) is 0 Å². The van der Waals surface area contributed by atoms with Crippen molar-refractivity contribution in [1.29, 1.82) is 0 Å². The Balaban J connectivity index is 3.53. The standard InChI is InChI=1S/C9H20N2O3/c1-6(2)14-5-8(12)4-11-7(3)9(10)13/h6-8,11-12H,4-5H2,1-3H3,(H2,10,13). The van der Waals surface area contributed by atoms with Crippen LogP contribution in [0.15, 0.2) is 0 Å². The first-order valence-electron chi connectivity index (χ1n) is 4.75. The molecule has 0 spiro atoms. The fourth-order valence-electron chi connectivity index (χ4n) is 0.776. The molecule has 0 aromatic rings. The lowest BCUT2D eigenvalue weighted by Crippen LogP contribution is -2.43. The Hall–Kier alpha value is -0.650. The smallest absolute Gasteiger partial charge is 0.234 e. The number of nitrogens with one attached hydrogen (secondary N) is 1. The maximum Gasteiger partial charge on any atom is 0.234 e. The van der Waals surface area contributed by atoms with Crippen LogP contribution in [-0.4, -0.2) is 42.4 Å². The molecule has 0 saturated carbocycles. The van der Waals surface area contributed by atoms with Crippen LogP contribution in [0.25, 0.3) is 0 Å². The summed E-state index contributed by atoms with van der Waals surface area (Å²) in [5.41, 5.74) is 5.03. The Morgan fingerprint density at radius 1 is 1.50 bits per heavy atom. The zero-order chi connectivity index (χ0) is 11.1. The van der Waals surface area contributed by atoms with Gasteiger partial charge in [-0.3, -0.25) is 4.79 Å². The van der Waals surface area contributed by atoms with E-state index in [2.05, 4.69) is 5.32 Å². The molecule has 0 aliphatic heterocycles. The Kier molecular flexibility index (Phi) is 6.44. The van der Waals surface area contributed by atoms with Gasteiger partial charge in [-0.1, -0.05) is 0 Å². The maximum absolute atomic E-state index is 10.6. The van der Waals surface area contributed by atoms with Crippen molar-refractivity contribution in [3.63, 3.8) is 0 Å². The Morgan fingerprint density at radius 3 is 2.50 bits per heavy atom. The molecule has 0 aliphatic carbocycles. The van der Waals surface area contributed by atoms with Crippen LogP contribution in [0.2, 0.25) is 0 Å². The summed E-state index contributed by atoms with van der Waals surface area (Å²) in [6.07, 6.45) is -0.516. The lowest BCUT2D eigenvalue weighted by Gasteiger charge is -2.16. The number of hydrogen-bond acceptors (Lipinski definition) is 4. The van der Waals surface area contributed by atoms with Crippen LogP contribution >= 0.6 is 0 Å². The molecule has 1 amide bonds. The summed E-state index contributed by atoms with van der Waals surface area (Å²) in [5, 5.41) is 12.2. The highest BCUT2D eigenvalue weighted by Crippen LogP contribution is 1.91. The molecule has 4 N–H and O–H groups in total. The van der Waals surface area contributed by atoms with Crippen molar-refractivity contribution in [2.75, 3.05) is 13.2 Å². The highest BCUT2D eigenvalue weighted by Gasteiger charge is 2.11. The summed E-state index contributed by atoms with van der Waals surface area (Å²) < 4.78 is 5.19. The fourth-order valence-corrected chi connectivity index (χ4v) is 0.776. The van der Waals surface area contributed by atoms with Gasteiger partial charge in [-0.2, -0.15) is 0 Å². The number of aliphatic hydroxyl groups is 1. The molecule has 0 rings (SSSR count). The molecule has 14 heavy (non-hydrogen) atoms. The van der Waals surface area contributed by atoms with Crippen LogP contribution in [0.3, 0.4) is 0 Å². The summed E-state index contributed by atoms with van der Waals surface area (Å²) in [5.74, 6) is -0.429. The molecule has 0 fully saturated rings. The van der Waals surface area contributed by atoms with Gasteiger partial charge in [0.25, 0.3) is 0 Å². The van der Waals surface area contributed by atoms with Crippen LogP contribution < -0.4 is 11.1 Å². The van der Waals surface area contributed by atoms with Crippen LogP contribution in [-0.2, 0) is 9.53 Å². The summed E-state index contributed by atoms with van der Waals surface area (Å²) >= 11 is 0. The van der Waals surface area contributed by atoms with E-state index in [9.17, 15) is 9.90 Å². The summed E-state index contributed by atoms with van der Waals surface area (Å²) in [7, 11) is 0. The number of rotatable bonds is 7. The minimum Gasteiger partial charge on any atom is -0.389 e. The van der Waals surface area contributed by atoms with Crippen LogP contribution in [0.4, 0.5) is 0 Å². The zero-order valence-corrected chi connectivity index (χ0v) is 8.99. The molecule has 0 aromatic heterocycles. The van der Waals surface area contributed by atoms with Gasteiger partial charge in [0.05, 0.1) is 24.9 Å². The second-order valence-corrected chi connectivity index (χ2v) is 3.57. The number of aliphatic hydroxyl groups excluding tert-OH is 1. The summed E-state index contributed by atoms with van der Waals surface area (Å²) in [4.78, 5) is 10.6. The molecule has 5 heteroatoms. The predicted molar refractivity (Wildman–Crippen MR) is 53.8 cm³/mol. The van der Waals surface area contributed by atoms with Crippen molar-refractivity contribution in [1.82, 2.24) is 5.32 Å². The molecule has 0 heterocycles. The van der Waals surface area contributed by atoms with Gasteiger partial charge in [-0.05, 0) is 20.8 Å². The molecular weight excluding hydrogens is 184 g/mol. The fraction of sp³-hybridized carbons (Fsp3) is 0.889. The second kappa shape index (κ2) is 6.75. The lowest BCUT2D eigenvalue weighted by molar-refractivity contribution is -0.119.